The van der Waals surface area contributed by atoms with Gasteiger partial charge in [-0.3, -0.25) is 0 Å². The van der Waals surface area contributed by atoms with Crippen molar-refractivity contribution >= 4 is 10.0 Å². The van der Waals surface area contributed by atoms with Gasteiger partial charge in [-0.25, -0.2) is 13.1 Å². The lowest BCUT2D eigenvalue weighted by Gasteiger charge is -2.15. The SMILES string of the molecule is COc1ccc(S(=O)(=O)NCCC2CCCCCC2)cc1OC. The molecular weight excluding hydrogens is 314 g/mol. The van der Waals surface area contributed by atoms with E-state index < -0.39 is 10.0 Å². The van der Waals surface area contributed by atoms with Crippen LogP contribution in [0.2, 0.25) is 0 Å². The van der Waals surface area contributed by atoms with E-state index in [0.717, 1.165) is 6.42 Å². The van der Waals surface area contributed by atoms with Crippen molar-refractivity contribution in [2.45, 2.75) is 49.8 Å². The Hall–Kier alpha value is -1.27. The van der Waals surface area contributed by atoms with Crippen LogP contribution in [-0.4, -0.2) is 29.2 Å². The van der Waals surface area contributed by atoms with Crippen molar-refractivity contribution in [2.75, 3.05) is 20.8 Å². The van der Waals surface area contributed by atoms with Crippen LogP contribution in [0.4, 0.5) is 0 Å². The highest BCUT2D eigenvalue weighted by molar-refractivity contribution is 7.89. The van der Waals surface area contributed by atoms with Crippen LogP contribution >= 0.6 is 0 Å². The molecule has 1 fully saturated rings. The van der Waals surface area contributed by atoms with Crippen LogP contribution in [0.1, 0.15) is 44.9 Å². The van der Waals surface area contributed by atoms with Crippen molar-refractivity contribution in [3.8, 4) is 11.5 Å². The molecule has 0 aromatic heterocycles. The van der Waals surface area contributed by atoms with Gasteiger partial charge in [0.15, 0.2) is 11.5 Å². The molecular formula is C17H27NO4S. The fourth-order valence-corrected chi connectivity index (χ4v) is 4.18. The normalized spacial score (nSPS) is 16.8. The fourth-order valence-electron chi connectivity index (χ4n) is 3.12. The summed E-state index contributed by atoms with van der Waals surface area (Å²) in [7, 11) is -0.495. The molecule has 0 spiro atoms. The third kappa shape index (κ3) is 5.11. The zero-order valence-corrected chi connectivity index (χ0v) is 14.8. The van der Waals surface area contributed by atoms with Gasteiger partial charge in [0.25, 0.3) is 0 Å². The molecule has 23 heavy (non-hydrogen) atoms. The van der Waals surface area contributed by atoms with Crippen molar-refractivity contribution in [1.29, 1.82) is 0 Å². The molecule has 1 aliphatic rings. The van der Waals surface area contributed by atoms with Gasteiger partial charge in [-0.2, -0.15) is 0 Å². The number of ether oxygens (including phenoxy) is 2. The topological polar surface area (TPSA) is 64.6 Å². The second-order valence-corrected chi connectivity index (χ2v) is 7.83. The van der Waals surface area contributed by atoms with E-state index in [1.54, 1.807) is 6.07 Å². The summed E-state index contributed by atoms with van der Waals surface area (Å²) >= 11 is 0. The van der Waals surface area contributed by atoms with E-state index in [1.807, 2.05) is 0 Å². The minimum atomic E-state index is -3.51. The van der Waals surface area contributed by atoms with Gasteiger partial charge in [-0.15, -0.1) is 0 Å². The molecule has 1 N–H and O–H groups in total. The van der Waals surface area contributed by atoms with Crippen LogP contribution < -0.4 is 14.2 Å². The third-order valence-electron chi connectivity index (χ3n) is 4.48. The first-order chi connectivity index (χ1) is 11.1. The Balaban J connectivity index is 1.95. The van der Waals surface area contributed by atoms with E-state index in [1.165, 1.54) is 64.9 Å². The van der Waals surface area contributed by atoms with E-state index in [9.17, 15) is 8.42 Å². The van der Waals surface area contributed by atoms with Crippen molar-refractivity contribution in [3.05, 3.63) is 18.2 Å². The van der Waals surface area contributed by atoms with E-state index in [4.69, 9.17) is 9.47 Å². The summed E-state index contributed by atoms with van der Waals surface area (Å²) in [5, 5.41) is 0. The smallest absolute Gasteiger partial charge is 0.240 e. The van der Waals surface area contributed by atoms with Crippen molar-refractivity contribution in [2.24, 2.45) is 5.92 Å². The van der Waals surface area contributed by atoms with Gasteiger partial charge in [-0.1, -0.05) is 38.5 Å². The van der Waals surface area contributed by atoms with Gasteiger partial charge < -0.3 is 9.47 Å². The Morgan fingerprint density at radius 3 is 2.30 bits per heavy atom. The molecule has 2 rings (SSSR count). The fraction of sp³-hybridized carbons (Fsp3) is 0.647. The lowest BCUT2D eigenvalue weighted by atomic mass is 9.97. The molecule has 0 aliphatic heterocycles. The van der Waals surface area contributed by atoms with Gasteiger partial charge in [0.1, 0.15) is 0 Å². The third-order valence-corrected chi connectivity index (χ3v) is 5.94. The summed E-state index contributed by atoms with van der Waals surface area (Å²) in [6.07, 6.45) is 8.52. The summed E-state index contributed by atoms with van der Waals surface area (Å²) in [6.45, 7) is 0.487. The highest BCUT2D eigenvalue weighted by atomic mass is 32.2. The van der Waals surface area contributed by atoms with Crippen LogP contribution in [-0.2, 0) is 10.0 Å². The Labute approximate surface area is 139 Å². The van der Waals surface area contributed by atoms with E-state index in [-0.39, 0.29) is 4.90 Å². The Kier molecular flexibility index (Phi) is 6.72. The van der Waals surface area contributed by atoms with E-state index >= 15 is 0 Å². The number of hydrogen-bond acceptors (Lipinski definition) is 4. The summed E-state index contributed by atoms with van der Waals surface area (Å²) in [5.41, 5.74) is 0. The average Bonchev–Trinajstić information content (AvgIpc) is 2.82. The summed E-state index contributed by atoms with van der Waals surface area (Å²) in [5.74, 6) is 1.58. The van der Waals surface area contributed by atoms with Gasteiger partial charge in [0.2, 0.25) is 10.0 Å². The standard InChI is InChI=1S/C17H27NO4S/c1-21-16-10-9-15(13-17(16)22-2)23(19,20)18-12-11-14-7-5-3-4-6-8-14/h9-10,13-14,18H,3-8,11-12H2,1-2H3. The molecule has 0 amide bonds. The second-order valence-electron chi connectivity index (χ2n) is 6.06. The van der Waals surface area contributed by atoms with E-state index in [2.05, 4.69) is 4.72 Å². The quantitative estimate of drug-likeness (QED) is 0.773. The first kappa shape index (κ1) is 18.1. The summed E-state index contributed by atoms with van der Waals surface area (Å²) < 4.78 is 37.8. The maximum Gasteiger partial charge on any atom is 0.240 e. The highest BCUT2D eigenvalue weighted by Gasteiger charge is 2.18. The molecule has 0 unspecified atom stereocenters. The van der Waals surface area contributed by atoms with Gasteiger partial charge in [-0.05, 0) is 24.5 Å². The van der Waals surface area contributed by atoms with Gasteiger partial charge in [0, 0.05) is 12.6 Å². The van der Waals surface area contributed by atoms with Gasteiger partial charge in [0.05, 0.1) is 19.1 Å². The lowest BCUT2D eigenvalue weighted by molar-refractivity contribution is 0.354. The number of rotatable bonds is 7. The maximum absolute atomic E-state index is 12.4. The first-order valence-electron chi connectivity index (χ1n) is 8.28. The maximum atomic E-state index is 12.4. The zero-order chi connectivity index (χ0) is 16.7. The number of hydrogen-bond donors (Lipinski definition) is 1. The molecule has 1 aliphatic carbocycles. The molecule has 1 saturated carbocycles. The highest BCUT2D eigenvalue weighted by Crippen LogP contribution is 2.29. The monoisotopic (exact) mass is 341 g/mol. The molecule has 0 bridgehead atoms. The van der Waals surface area contributed by atoms with Gasteiger partial charge >= 0.3 is 0 Å². The average molecular weight is 341 g/mol. The van der Waals surface area contributed by atoms with Crippen molar-refractivity contribution < 1.29 is 17.9 Å². The van der Waals surface area contributed by atoms with Crippen LogP contribution in [0.15, 0.2) is 23.1 Å². The molecule has 0 heterocycles. The molecule has 0 saturated heterocycles. The minimum Gasteiger partial charge on any atom is -0.493 e. The lowest BCUT2D eigenvalue weighted by Crippen LogP contribution is -2.26. The predicted octanol–water partition coefficient (Wildman–Crippen LogP) is 3.34. The molecule has 0 radical (unpaired) electrons. The van der Waals surface area contributed by atoms with Crippen LogP contribution in [0.5, 0.6) is 11.5 Å². The minimum absolute atomic E-state index is 0.205. The predicted molar refractivity (Wildman–Crippen MR) is 90.5 cm³/mol. The summed E-state index contributed by atoms with van der Waals surface area (Å²) in [6, 6.07) is 4.64. The molecule has 0 atom stereocenters. The molecule has 1 aromatic carbocycles. The molecule has 1 aromatic rings. The first-order valence-corrected chi connectivity index (χ1v) is 9.77. The molecule has 6 heteroatoms. The van der Waals surface area contributed by atoms with Crippen LogP contribution in [0, 0.1) is 5.92 Å². The van der Waals surface area contributed by atoms with Crippen LogP contribution in [0.25, 0.3) is 0 Å². The van der Waals surface area contributed by atoms with Crippen molar-refractivity contribution in [1.82, 2.24) is 4.72 Å². The number of nitrogens with one attached hydrogen (secondary N) is 1. The Bertz CT molecular complexity index is 593. The Morgan fingerprint density at radius 1 is 1.04 bits per heavy atom. The summed E-state index contributed by atoms with van der Waals surface area (Å²) in [4.78, 5) is 0.205. The van der Waals surface area contributed by atoms with Crippen molar-refractivity contribution in [3.63, 3.8) is 0 Å². The Morgan fingerprint density at radius 2 is 1.70 bits per heavy atom. The largest absolute Gasteiger partial charge is 0.493 e. The molecule has 130 valence electrons. The zero-order valence-electron chi connectivity index (χ0n) is 14.0. The number of benzene rings is 1. The number of methoxy groups -OCH3 is 2. The second kappa shape index (κ2) is 8.55. The molecule has 5 nitrogen and oxygen atoms in total. The van der Waals surface area contributed by atoms with E-state index in [0.29, 0.717) is 24.0 Å². The van der Waals surface area contributed by atoms with Crippen LogP contribution in [0.3, 0.4) is 0 Å². The number of sulfonamides is 1.